The van der Waals surface area contributed by atoms with E-state index in [-0.39, 0.29) is 36.6 Å². The van der Waals surface area contributed by atoms with Crippen molar-refractivity contribution in [1.82, 2.24) is 15.5 Å². The molecule has 0 radical (unpaired) electrons. The van der Waals surface area contributed by atoms with E-state index in [4.69, 9.17) is 16.7 Å². The predicted molar refractivity (Wildman–Crippen MR) is 102 cm³/mol. The SMILES string of the molecule is CCN(CC(=O)O)C1CC(NC(=O)NC(c2ccc(Cl)cc2)C(C)C)C1. The molecule has 0 aromatic heterocycles. The third-order valence-corrected chi connectivity index (χ3v) is 5.14. The fraction of sp³-hybridized carbons (Fsp3) is 0.579. The van der Waals surface area contributed by atoms with Gasteiger partial charge in [-0.2, -0.15) is 0 Å². The minimum atomic E-state index is -0.816. The third-order valence-electron chi connectivity index (χ3n) is 4.89. The second-order valence-electron chi connectivity index (χ2n) is 7.17. The Kier molecular flexibility index (Phi) is 7.29. The zero-order valence-electron chi connectivity index (χ0n) is 15.5. The van der Waals surface area contributed by atoms with Gasteiger partial charge in [-0.3, -0.25) is 9.69 Å². The van der Waals surface area contributed by atoms with Gasteiger partial charge in [0.2, 0.25) is 0 Å². The van der Waals surface area contributed by atoms with Crippen LogP contribution >= 0.6 is 11.6 Å². The van der Waals surface area contributed by atoms with Gasteiger partial charge in [0.1, 0.15) is 0 Å². The van der Waals surface area contributed by atoms with E-state index >= 15 is 0 Å². The summed E-state index contributed by atoms with van der Waals surface area (Å²) in [4.78, 5) is 25.2. The third kappa shape index (κ3) is 5.61. The van der Waals surface area contributed by atoms with E-state index in [0.29, 0.717) is 11.6 Å². The Labute approximate surface area is 159 Å². The van der Waals surface area contributed by atoms with Crippen LogP contribution in [0.4, 0.5) is 4.79 Å². The molecular weight excluding hydrogens is 354 g/mol. The van der Waals surface area contributed by atoms with Crippen molar-refractivity contribution >= 4 is 23.6 Å². The van der Waals surface area contributed by atoms with Gasteiger partial charge in [-0.05, 0) is 43.0 Å². The van der Waals surface area contributed by atoms with Crippen molar-refractivity contribution in [2.75, 3.05) is 13.1 Å². The van der Waals surface area contributed by atoms with E-state index in [9.17, 15) is 9.59 Å². The highest BCUT2D eigenvalue weighted by Crippen LogP contribution is 2.26. The topological polar surface area (TPSA) is 81.7 Å². The first kappa shape index (κ1) is 20.5. The zero-order valence-corrected chi connectivity index (χ0v) is 16.3. The summed E-state index contributed by atoms with van der Waals surface area (Å²) in [6.07, 6.45) is 1.56. The van der Waals surface area contributed by atoms with Gasteiger partial charge in [-0.15, -0.1) is 0 Å². The van der Waals surface area contributed by atoms with Crippen LogP contribution in [0.2, 0.25) is 5.02 Å². The second kappa shape index (κ2) is 9.24. The molecule has 26 heavy (non-hydrogen) atoms. The molecule has 7 heteroatoms. The highest BCUT2D eigenvalue weighted by atomic mass is 35.5. The minimum Gasteiger partial charge on any atom is -0.480 e. The fourth-order valence-corrected chi connectivity index (χ4v) is 3.48. The molecule has 1 aromatic carbocycles. The molecule has 144 valence electrons. The first-order valence-electron chi connectivity index (χ1n) is 9.08. The first-order chi connectivity index (χ1) is 12.3. The lowest BCUT2D eigenvalue weighted by molar-refractivity contribution is -0.139. The number of hydrogen-bond donors (Lipinski definition) is 3. The Morgan fingerprint density at radius 1 is 1.27 bits per heavy atom. The Morgan fingerprint density at radius 2 is 1.88 bits per heavy atom. The smallest absolute Gasteiger partial charge is 0.317 e. The van der Waals surface area contributed by atoms with E-state index in [1.807, 2.05) is 36.1 Å². The number of benzene rings is 1. The van der Waals surface area contributed by atoms with Gasteiger partial charge < -0.3 is 15.7 Å². The van der Waals surface area contributed by atoms with Gasteiger partial charge in [-0.25, -0.2) is 4.79 Å². The molecule has 0 bridgehead atoms. The molecule has 2 amide bonds. The van der Waals surface area contributed by atoms with Crippen molar-refractivity contribution in [2.24, 2.45) is 5.92 Å². The molecule has 0 spiro atoms. The van der Waals surface area contributed by atoms with Crippen molar-refractivity contribution < 1.29 is 14.7 Å². The van der Waals surface area contributed by atoms with Crippen molar-refractivity contribution in [2.45, 2.75) is 51.7 Å². The quantitative estimate of drug-likeness (QED) is 0.645. The number of nitrogens with zero attached hydrogens (tertiary/aromatic N) is 1. The summed E-state index contributed by atoms with van der Waals surface area (Å²) in [6, 6.07) is 7.52. The standard InChI is InChI=1S/C19H28ClN3O3/c1-4-23(11-17(24)25)16-9-15(10-16)21-19(26)22-18(12(2)3)13-5-7-14(20)8-6-13/h5-8,12,15-16,18H,4,9-11H2,1-3H3,(H,24,25)(H2,21,22,26). The molecule has 3 N–H and O–H groups in total. The average Bonchev–Trinajstić information content (AvgIpc) is 2.54. The number of carbonyl (C=O) groups is 2. The highest BCUT2D eigenvalue weighted by molar-refractivity contribution is 6.30. The number of amides is 2. The number of hydrogen-bond acceptors (Lipinski definition) is 3. The number of carbonyl (C=O) groups excluding carboxylic acids is 1. The lowest BCUT2D eigenvalue weighted by Crippen LogP contribution is -2.56. The van der Waals surface area contributed by atoms with Crippen molar-refractivity contribution in [1.29, 1.82) is 0 Å². The molecular formula is C19H28ClN3O3. The second-order valence-corrected chi connectivity index (χ2v) is 7.61. The van der Waals surface area contributed by atoms with E-state index in [2.05, 4.69) is 24.5 Å². The molecule has 1 aliphatic rings. The maximum atomic E-state index is 12.4. The maximum absolute atomic E-state index is 12.4. The molecule has 1 saturated carbocycles. The summed E-state index contributed by atoms with van der Waals surface area (Å²) in [5, 5.41) is 15.6. The van der Waals surface area contributed by atoms with Crippen molar-refractivity contribution in [3.8, 4) is 0 Å². The molecule has 1 aromatic rings. The molecule has 0 heterocycles. The minimum absolute atomic E-state index is 0.0477. The number of nitrogens with one attached hydrogen (secondary N) is 2. The van der Waals surface area contributed by atoms with Crippen LogP contribution in [0.25, 0.3) is 0 Å². The summed E-state index contributed by atoms with van der Waals surface area (Å²) >= 11 is 5.94. The number of carboxylic acids is 1. The lowest BCUT2D eigenvalue weighted by Gasteiger charge is -2.42. The van der Waals surface area contributed by atoms with Gasteiger partial charge in [0.15, 0.2) is 0 Å². The Balaban J connectivity index is 1.84. The predicted octanol–water partition coefficient (Wildman–Crippen LogP) is 3.27. The highest BCUT2D eigenvalue weighted by Gasteiger charge is 2.35. The van der Waals surface area contributed by atoms with E-state index in [1.165, 1.54) is 0 Å². The molecule has 2 rings (SSSR count). The molecule has 1 fully saturated rings. The summed E-state index contributed by atoms with van der Waals surface area (Å²) < 4.78 is 0. The summed E-state index contributed by atoms with van der Waals surface area (Å²) in [6.45, 7) is 6.82. The normalized spacial score (nSPS) is 20.5. The van der Waals surface area contributed by atoms with E-state index in [0.717, 1.165) is 18.4 Å². The lowest BCUT2D eigenvalue weighted by atomic mass is 9.85. The van der Waals surface area contributed by atoms with Crippen LogP contribution in [-0.2, 0) is 4.79 Å². The number of halogens is 1. The molecule has 0 aliphatic heterocycles. The van der Waals surface area contributed by atoms with E-state index in [1.54, 1.807) is 0 Å². The van der Waals surface area contributed by atoms with Crippen LogP contribution in [0.1, 0.15) is 45.2 Å². The number of urea groups is 1. The zero-order chi connectivity index (χ0) is 19.3. The molecule has 1 aliphatic carbocycles. The van der Waals surface area contributed by atoms with Crippen molar-refractivity contribution in [3.05, 3.63) is 34.9 Å². The van der Waals surface area contributed by atoms with Crippen molar-refractivity contribution in [3.63, 3.8) is 0 Å². The number of aliphatic carboxylic acids is 1. The van der Waals surface area contributed by atoms with Gasteiger partial charge >= 0.3 is 12.0 Å². The van der Waals surface area contributed by atoms with Crippen LogP contribution in [0.15, 0.2) is 24.3 Å². The number of likely N-dealkylation sites (N-methyl/N-ethyl adjacent to an activating group) is 1. The van der Waals surface area contributed by atoms with Crippen LogP contribution in [0, 0.1) is 5.92 Å². The largest absolute Gasteiger partial charge is 0.480 e. The van der Waals surface area contributed by atoms with Gasteiger partial charge in [0, 0.05) is 17.1 Å². The average molecular weight is 382 g/mol. The van der Waals surface area contributed by atoms with Gasteiger partial charge in [-0.1, -0.05) is 44.5 Å². The molecule has 1 unspecified atom stereocenters. The maximum Gasteiger partial charge on any atom is 0.317 e. The summed E-state index contributed by atoms with van der Waals surface area (Å²) in [7, 11) is 0. The van der Waals surface area contributed by atoms with Gasteiger partial charge in [0.25, 0.3) is 0 Å². The molecule has 0 saturated heterocycles. The van der Waals surface area contributed by atoms with Crippen LogP contribution in [-0.4, -0.2) is 47.2 Å². The summed E-state index contributed by atoms with van der Waals surface area (Å²) in [5.41, 5.74) is 1.02. The monoisotopic (exact) mass is 381 g/mol. The van der Waals surface area contributed by atoms with Crippen LogP contribution in [0.5, 0.6) is 0 Å². The Morgan fingerprint density at radius 3 is 2.38 bits per heavy atom. The Hall–Kier alpha value is -1.79. The van der Waals surface area contributed by atoms with Gasteiger partial charge in [0.05, 0.1) is 12.6 Å². The summed E-state index contributed by atoms with van der Waals surface area (Å²) in [5.74, 6) is -0.578. The first-order valence-corrected chi connectivity index (χ1v) is 9.46. The molecule has 1 atom stereocenters. The van der Waals surface area contributed by atoms with E-state index < -0.39 is 5.97 Å². The van der Waals surface area contributed by atoms with Crippen LogP contribution < -0.4 is 10.6 Å². The number of carboxylic acid groups (broad SMARTS) is 1. The number of rotatable bonds is 8. The van der Waals surface area contributed by atoms with Crippen LogP contribution in [0.3, 0.4) is 0 Å². The molecule has 6 nitrogen and oxygen atoms in total. The fourth-order valence-electron chi connectivity index (χ4n) is 3.35. The Bertz CT molecular complexity index is 615.